The largest absolute Gasteiger partial charge is 0.481 e. The number of aromatic nitrogens is 5. The molecule has 3 aromatic heterocycles. The van der Waals surface area contributed by atoms with E-state index in [1.54, 1.807) is 35.5 Å². The Kier molecular flexibility index (Phi) is 33.1. The highest BCUT2D eigenvalue weighted by Gasteiger charge is 2.44. The van der Waals surface area contributed by atoms with E-state index in [0.29, 0.717) is 57.7 Å². The summed E-state index contributed by atoms with van der Waals surface area (Å²) in [6.45, 7) is 8.42. The fourth-order valence-electron chi connectivity index (χ4n) is 10.3. The van der Waals surface area contributed by atoms with E-state index >= 15 is 0 Å². The van der Waals surface area contributed by atoms with Crippen LogP contribution in [0.5, 0.6) is 0 Å². The number of anilines is 1. The fourth-order valence-corrected chi connectivity index (χ4v) is 10.6. The van der Waals surface area contributed by atoms with Crippen molar-refractivity contribution in [1.29, 1.82) is 0 Å². The minimum absolute atomic E-state index is 0.0407. The molecule has 0 saturated carbocycles. The molecular formula is C64H92BrN11O15. The third-order valence-corrected chi connectivity index (χ3v) is 15.6. The predicted octanol–water partition coefficient (Wildman–Crippen LogP) is 7.02. The van der Waals surface area contributed by atoms with E-state index in [9.17, 15) is 48.3 Å². The fraction of sp³-hybridized carbons (Fsp3) is 0.609. The van der Waals surface area contributed by atoms with Crippen LogP contribution in [0.4, 0.5) is 5.82 Å². The molecule has 1 aliphatic heterocycles. The van der Waals surface area contributed by atoms with Crippen LogP contribution in [0.15, 0.2) is 47.3 Å². The SMILES string of the molecule is CC(=O)c1nn(CC(=O)N2CC(C)(C)C[C@H]2C(=O)Nc2nc(Br)ccc2C)c2ccc(-c3cnc(CNC(=O)COCCOCCNC(=O)COCCOCCNC(=O)CC[C@H](NC(=O)CCCCCCCCCCCCCCCCC(=O)O)C(=O)O)nc3)cc12. The number of pyridine rings is 1. The molecule has 2 atom stereocenters. The number of carbonyl (C=O) groups is 9. The number of amides is 6. The maximum atomic E-state index is 14.0. The number of carbonyl (C=O) groups excluding carboxylic acids is 7. The zero-order valence-corrected chi connectivity index (χ0v) is 54.7. The Balaban J connectivity index is 0.841. The molecule has 0 aliphatic carbocycles. The van der Waals surface area contributed by atoms with Gasteiger partial charge in [-0.25, -0.2) is 19.7 Å². The molecule has 0 bridgehead atoms. The second kappa shape index (κ2) is 40.5. The number of benzene rings is 1. The average Bonchev–Trinajstić information content (AvgIpc) is 1.66. The highest BCUT2D eigenvalue weighted by atomic mass is 79.9. The van der Waals surface area contributed by atoms with Gasteiger partial charge in [0, 0.05) is 69.2 Å². The molecule has 91 heavy (non-hydrogen) atoms. The number of ether oxygens (including phenoxy) is 4. The number of rotatable bonds is 46. The molecule has 1 saturated heterocycles. The normalized spacial score (nSPS) is 13.8. The number of hydrogen-bond acceptors (Lipinski definition) is 17. The highest BCUT2D eigenvalue weighted by Crippen LogP contribution is 2.35. The van der Waals surface area contributed by atoms with Crippen LogP contribution in [-0.4, -0.2) is 178 Å². The first-order valence-electron chi connectivity index (χ1n) is 31.6. The van der Waals surface area contributed by atoms with Crippen molar-refractivity contribution in [2.45, 2.75) is 175 Å². The van der Waals surface area contributed by atoms with Gasteiger partial charge in [-0.05, 0) is 83.3 Å². The molecule has 1 aliphatic rings. The van der Waals surface area contributed by atoms with Crippen molar-refractivity contribution in [2.24, 2.45) is 5.41 Å². The number of aliphatic carboxylic acids is 2. The van der Waals surface area contributed by atoms with Crippen molar-refractivity contribution in [1.82, 2.24) is 50.9 Å². The standard InChI is InChI=1S/C64H92BrN11O15/c1-44-21-25-52(65)72-61(44)73-62(85)51-36-64(3,4)43-75(51)58(82)40-76-50-24-22-46(35-48(50)60(74-76)45(2)77)47-37-68-53(69-38-47)39-70-57(81)42-91-34-32-89-30-28-67-56(80)41-90-33-31-88-29-27-66-54(78)26-23-49(63(86)87)71-55(79)19-17-15-13-11-9-7-5-6-8-10-12-14-16-18-20-59(83)84/h21-22,24-25,35,37-38,49,51H,5-20,23,26-34,36,39-43H2,1-4H3,(H,66,78)(H,67,80)(H,70,81)(H,71,79)(H,83,84)(H,86,87)(H,72,73,85)/t49-,51-/m0/s1. The van der Waals surface area contributed by atoms with Crippen molar-refractivity contribution in [3.8, 4) is 11.1 Å². The van der Waals surface area contributed by atoms with E-state index in [0.717, 1.165) is 50.5 Å². The Morgan fingerprint density at radius 3 is 1.81 bits per heavy atom. The van der Waals surface area contributed by atoms with Gasteiger partial charge in [0.2, 0.25) is 35.4 Å². The van der Waals surface area contributed by atoms with Crippen LogP contribution in [0, 0.1) is 12.3 Å². The molecule has 500 valence electrons. The van der Waals surface area contributed by atoms with Crippen LogP contribution in [0.1, 0.15) is 165 Å². The number of carboxylic acid groups (broad SMARTS) is 2. The lowest BCUT2D eigenvalue weighted by atomic mass is 9.90. The number of nitrogens with zero attached hydrogens (tertiary/aromatic N) is 6. The summed E-state index contributed by atoms with van der Waals surface area (Å²) in [4.78, 5) is 127. The number of fused-ring (bicyclic) bond motifs is 1. The van der Waals surface area contributed by atoms with E-state index in [4.69, 9.17) is 24.1 Å². The molecule has 1 fully saturated rings. The Morgan fingerprint density at radius 2 is 1.23 bits per heavy atom. The number of Topliss-reactive ketones (excluding diaryl/α,β-unsaturated/α-hetero) is 1. The molecule has 4 aromatic rings. The van der Waals surface area contributed by atoms with Crippen LogP contribution < -0.4 is 26.6 Å². The lowest BCUT2D eigenvalue weighted by molar-refractivity contribution is -0.142. The molecule has 1 aromatic carbocycles. The summed E-state index contributed by atoms with van der Waals surface area (Å²) in [5.41, 5.74) is 2.54. The molecular weight excluding hydrogens is 1240 g/mol. The number of halogens is 1. The molecule has 0 radical (unpaired) electrons. The zero-order valence-electron chi connectivity index (χ0n) is 53.1. The van der Waals surface area contributed by atoms with E-state index in [2.05, 4.69) is 62.6 Å². The van der Waals surface area contributed by atoms with Gasteiger partial charge in [-0.15, -0.1) is 0 Å². The minimum atomic E-state index is -1.20. The second-order valence-electron chi connectivity index (χ2n) is 23.5. The predicted molar refractivity (Wildman–Crippen MR) is 341 cm³/mol. The van der Waals surface area contributed by atoms with Crippen molar-refractivity contribution in [2.75, 3.05) is 77.8 Å². The number of hydrogen-bond donors (Lipinski definition) is 7. The Hall–Kier alpha value is -7.33. The van der Waals surface area contributed by atoms with E-state index in [1.165, 1.54) is 50.1 Å². The highest BCUT2D eigenvalue weighted by molar-refractivity contribution is 9.10. The molecule has 0 unspecified atom stereocenters. The maximum absolute atomic E-state index is 14.0. The number of ketones is 1. The van der Waals surface area contributed by atoms with Gasteiger partial charge >= 0.3 is 11.9 Å². The number of aryl methyl sites for hydroxylation is 1. The number of nitrogens with one attached hydrogen (secondary N) is 5. The smallest absolute Gasteiger partial charge is 0.326 e. The summed E-state index contributed by atoms with van der Waals surface area (Å²) in [5, 5.41) is 36.8. The minimum Gasteiger partial charge on any atom is -0.481 e. The number of carboxylic acids is 2. The van der Waals surface area contributed by atoms with Crippen LogP contribution in [0.3, 0.4) is 0 Å². The van der Waals surface area contributed by atoms with Crippen molar-refractivity contribution >= 4 is 85.8 Å². The van der Waals surface area contributed by atoms with Gasteiger partial charge < -0.3 is 60.6 Å². The summed E-state index contributed by atoms with van der Waals surface area (Å²) >= 11 is 3.35. The third-order valence-electron chi connectivity index (χ3n) is 15.2. The summed E-state index contributed by atoms with van der Waals surface area (Å²) in [7, 11) is 0. The zero-order chi connectivity index (χ0) is 66.0. The van der Waals surface area contributed by atoms with Crippen LogP contribution in [0.2, 0.25) is 0 Å². The van der Waals surface area contributed by atoms with Gasteiger partial charge in [-0.1, -0.05) is 103 Å². The van der Waals surface area contributed by atoms with Crippen LogP contribution in [0.25, 0.3) is 22.0 Å². The Bertz CT molecular complexity index is 3020. The van der Waals surface area contributed by atoms with Gasteiger partial charge in [-0.3, -0.25) is 43.0 Å². The van der Waals surface area contributed by atoms with Gasteiger partial charge in [0.25, 0.3) is 0 Å². The van der Waals surface area contributed by atoms with Gasteiger partial charge in [0.1, 0.15) is 53.8 Å². The van der Waals surface area contributed by atoms with Gasteiger partial charge in [-0.2, -0.15) is 5.10 Å². The Labute approximate surface area is 540 Å². The van der Waals surface area contributed by atoms with E-state index in [-0.39, 0.29) is 151 Å². The van der Waals surface area contributed by atoms with Crippen molar-refractivity contribution in [3.05, 3.63) is 64.4 Å². The van der Waals surface area contributed by atoms with E-state index < -0.39 is 29.9 Å². The lowest BCUT2D eigenvalue weighted by Crippen LogP contribution is -2.44. The first kappa shape index (κ1) is 74.4. The topological polar surface area (TPSA) is 351 Å². The van der Waals surface area contributed by atoms with Crippen LogP contribution >= 0.6 is 15.9 Å². The Morgan fingerprint density at radius 1 is 0.670 bits per heavy atom. The average molecular weight is 1340 g/mol. The summed E-state index contributed by atoms with van der Waals surface area (Å²) in [5.74, 6) is -3.57. The lowest BCUT2D eigenvalue weighted by Gasteiger charge is -2.24. The molecule has 6 amide bonds. The number of unbranched alkanes of at least 4 members (excludes halogenated alkanes) is 13. The molecule has 26 nitrogen and oxygen atoms in total. The number of likely N-dealkylation sites (tertiary alicyclic amines) is 1. The monoisotopic (exact) mass is 1330 g/mol. The van der Waals surface area contributed by atoms with Crippen LogP contribution in [-0.2, 0) is 70.4 Å². The van der Waals surface area contributed by atoms with Crippen molar-refractivity contribution < 1.29 is 72.3 Å². The second-order valence-corrected chi connectivity index (χ2v) is 24.3. The first-order chi connectivity index (χ1) is 43.7. The molecule has 0 spiro atoms. The maximum Gasteiger partial charge on any atom is 0.326 e. The molecule has 27 heteroatoms. The molecule has 7 N–H and O–H groups in total. The quantitative estimate of drug-likeness (QED) is 0.0133. The summed E-state index contributed by atoms with van der Waals surface area (Å²) in [6, 6.07) is 7.10. The summed E-state index contributed by atoms with van der Waals surface area (Å²) in [6.07, 6.45) is 18.9. The van der Waals surface area contributed by atoms with Crippen molar-refractivity contribution in [3.63, 3.8) is 0 Å². The van der Waals surface area contributed by atoms with E-state index in [1.807, 2.05) is 32.9 Å². The summed E-state index contributed by atoms with van der Waals surface area (Å²) < 4.78 is 23.7. The third kappa shape index (κ3) is 28.4. The molecule has 4 heterocycles. The molecule has 5 rings (SSSR count). The van der Waals surface area contributed by atoms with Gasteiger partial charge in [0.15, 0.2) is 5.78 Å². The van der Waals surface area contributed by atoms with Gasteiger partial charge in [0.05, 0.1) is 51.7 Å². The first-order valence-corrected chi connectivity index (χ1v) is 32.4.